The first-order valence-electron chi connectivity index (χ1n) is 9.21. The molecule has 3 heterocycles. The van der Waals surface area contributed by atoms with Crippen LogP contribution in [0.3, 0.4) is 0 Å². The number of aromatic nitrogens is 1. The Morgan fingerprint density at radius 2 is 2.07 bits per heavy atom. The predicted molar refractivity (Wildman–Crippen MR) is 91.2 cm³/mol. The summed E-state index contributed by atoms with van der Waals surface area (Å²) in [5.74, 6) is -3.75. The number of ether oxygens (including phenoxy) is 1. The summed E-state index contributed by atoms with van der Waals surface area (Å²) in [5, 5.41) is 0. The number of halogens is 5. The molecule has 28 heavy (non-hydrogen) atoms. The van der Waals surface area contributed by atoms with Crippen LogP contribution in [0.4, 0.5) is 27.8 Å². The minimum atomic E-state index is -4.74. The zero-order valence-electron chi connectivity index (χ0n) is 15.4. The molecule has 2 aliphatic rings. The fourth-order valence-electron chi connectivity index (χ4n) is 3.62. The normalized spacial score (nSPS) is 21.3. The van der Waals surface area contributed by atoms with Crippen molar-refractivity contribution >= 4 is 11.7 Å². The van der Waals surface area contributed by atoms with Gasteiger partial charge in [-0.25, -0.2) is 13.8 Å². The molecular weight excluding hydrogens is 385 g/mol. The molecule has 1 amide bonds. The predicted octanol–water partition coefficient (Wildman–Crippen LogP) is 3.43. The standard InChI is InChI=1S/C18H22F5N3O2/c1-2-6-28-7-3-15(27)25-4-5-26-13(11-25)9-17(19,20)14-8-12(18(21,22)23)10-24-16(14)26/h8,10,13H,2-7,9,11H2,1H3/t13-/m1/s1. The Bertz CT molecular complexity index is 726. The van der Waals surface area contributed by atoms with Crippen molar-refractivity contribution in [1.29, 1.82) is 0 Å². The van der Waals surface area contributed by atoms with Crippen LogP contribution in [-0.2, 0) is 21.6 Å². The van der Waals surface area contributed by atoms with Gasteiger partial charge in [-0.1, -0.05) is 6.92 Å². The van der Waals surface area contributed by atoms with Crippen LogP contribution in [0.1, 0.15) is 37.3 Å². The Kier molecular flexibility index (Phi) is 5.79. The highest BCUT2D eigenvalue weighted by molar-refractivity contribution is 5.76. The maximum Gasteiger partial charge on any atom is 0.417 e. The van der Waals surface area contributed by atoms with Crippen LogP contribution in [0, 0.1) is 0 Å². The lowest BCUT2D eigenvalue weighted by Crippen LogP contribution is -2.58. The van der Waals surface area contributed by atoms with Crippen LogP contribution in [0.25, 0.3) is 0 Å². The molecule has 10 heteroatoms. The summed E-state index contributed by atoms with van der Waals surface area (Å²) in [6.45, 7) is 3.42. The highest BCUT2D eigenvalue weighted by Gasteiger charge is 2.48. The summed E-state index contributed by atoms with van der Waals surface area (Å²) in [6.07, 6.45) is -3.79. The quantitative estimate of drug-likeness (QED) is 0.554. The Hall–Kier alpha value is -1.97. The number of nitrogens with zero attached hydrogens (tertiary/aromatic N) is 3. The van der Waals surface area contributed by atoms with Gasteiger partial charge in [-0.15, -0.1) is 0 Å². The summed E-state index contributed by atoms with van der Waals surface area (Å²) in [4.78, 5) is 19.1. The summed E-state index contributed by atoms with van der Waals surface area (Å²) >= 11 is 0. The summed E-state index contributed by atoms with van der Waals surface area (Å²) in [7, 11) is 0. The van der Waals surface area contributed by atoms with Gasteiger partial charge in [0.15, 0.2) is 0 Å². The second-order valence-corrected chi connectivity index (χ2v) is 7.05. The number of hydrogen-bond donors (Lipinski definition) is 0. The number of carbonyl (C=O) groups excluding carboxylic acids is 1. The number of hydrogen-bond acceptors (Lipinski definition) is 4. The molecule has 5 nitrogen and oxygen atoms in total. The Labute approximate surface area is 159 Å². The molecule has 0 bridgehead atoms. The van der Waals surface area contributed by atoms with Crippen molar-refractivity contribution in [2.75, 3.05) is 37.7 Å². The lowest BCUT2D eigenvalue weighted by atomic mass is 9.92. The molecule has 3 rings (SSSR count). The zero-order chi connectivity index (χ0) is 20.5. The number of fused-ring (bicyclic) bond motifs is 3. The van der Waals surface area contributed by atoms with Crippen LogP contribution >= 0.6 is 0 Å². The highest BCUT2D eigenvalue weighted by atomic mass is 19.4. The molecule has 1 fully saturated rings. The van der Waals surface area contributed by atoms with E-state index in [9.17, 15) is 26.7 Å². The van der Waals surface area contributed by atoms with Crippen molar-refractivity contribution in [3.8, 4) is 0 Å². The third kappa shape index (κ3) is 4.21. The highest BCUT2D eigenvalue weighted by Crippen LogP contribution is 2.46. The van der Waals surface area contributed by atoms with Crippen LogP contribution in [-0.4, -0.2) is 54.7 Å². The fraction of sp³-hybridized carbons (Fsp3) is 0.667. The minimum Gasteiger partial charge on any atom is -0.381 e. The monoisotopic (exact) mass is 407 g/mol. The van der Waals surface area contributed by atoms with Crippen molar-refractivity contribution in [1.82, 2.24) is 9.88 Å². The van der Waals surface area contributed by atoms with Gasteiger partial charge in [0, 0.05) is 38.9 Å². The number of pyridine rings is 1. The van der Waals surface area contributed by atoms with Gasteiger partial charge in [0.05, 0.1) is 30.2 Å². The van der Waals surface area contributed by atoms with E-state index in [-0.39, 0.29) is 37.8 Å². The first-order chi connectivity index (χ1) is 13.1. The van der Waals surface area contributed by atoms with Crippen molar-refractivity contribution in [3.05, 3.63) is 23.4 Å². The van der Waals surface area contributed by atoms with E-state index in [4.69, 9.17) is 4.74 Å². The van der Waals surface area contributed by atoms with Crippen molar-refractivity contribution in [3.63, 3.8) is 0 Å². The van der Waals surface area contributed by atoms with Gasteiger partial charge in [0.1, 0.15) is 5.82 Å². The minimum absolute atomic E-state index is 0.0876. The first-order valence-corrected chi connectivity index (χ1v) is 9.21. The topological polar surface area (TPSA) is 45.7 Å². The number of amides is 1. The lowest BCUT2D eigenvalue weighted by Gasteiger charge is -2.47. The molecule has 156 valence electrons. The second-order valence-electron chi connectivity index (χ2n) is 7.05. The van der Waals surface area contributed by atoms with E-state index in [0.717, 1.165) is 6.42 Å². The molecule has 0 saturated carbocycles. The van der Waals surface area contributed by atoms with Crippen LogP contribution in [0.15, 0.2) is 12.3 Å². The molecule has 0 aromatic carbocycles. The second kappa shape index (κ2) is 7.81. The third-order valence-corrected chi connectivity index (χ3v) is 5.00. The molecule has 1 aromatic heterocycles. The molecule has 1 atom stereocenters. The van der Waals surface area contributed by atoms with Gasteiger partial charge in [0.25, 0.3) is 5.92 Å². The number of anilines is 1. The molecule has 2 aliphatic heterocycles. The smallest absolute Gasteiger partial charge is 0.381 e. The molecule has 0 spiro atoms. The number of rotatable bonds is 5. The molecule has 1 saturated heterocycles. The fourth-order valence-corrected chi connectivity index (χ4v) is 3.62. The maximum absolute atomic E-state index is 14.6. The van der Waals surface area contributed by atoms with E-state index < -0.39 is 35.7 Å². The maximum atomic E-state index is 14.6. The molecule has 0 aliphatic carbocycles. The largest absolute Gasteiger partial charge is 0.417 e. The van der Waals surface area contributed by atoms with Crippen LogP contribution < -0.4 is 4.90 Å². The number of alkyl halides is 5. The molecule has 0 radical (unpaired) electrons. The van der Waals surface area contributed by atoms with Gasteiger partial charge in [0.2, 0.25) is 5.91 Å². The van der Waals surface area contributed by atoms with E-state index in [1.165, 1.54) is 4.90 Å². The molecular formula is C18H22F5N3O2. The lowest BCUT2D eigenvalue weighted by molar-refractivity contribution is -0.138. The van der Waals surface area contributed by atoms with Gasteiger partial charge in [-0.2, -0.15) is 13.2 Å². The Morgan fingerprint density at radius 1 is 1.32 bits per heavy atom. The Balaban J connectivity index is 1.74. The molecule has 1 aromatic rings. The summed E-state index contributed by atoms with van der Waals surface area (Å²) in [6, 6.07) is -0.206. The average molecular weight is 407 g/mol. The van der Waals surface area contributed by atoms with Gasteiger partial charge in [-0.05, 0) is 12.5 Å². The number of piperazine rings is 1. The van der Waals surface area contributed by atoms with Gasteiger partial charge in [-0.3, -0.25) is 4.79 Å². The number of carbonyl (C=O) groups is 1. The molecule has 0 unspecified atom stereocenters. The van der Waals surface area contributed by atoms with Gasteiger partial charge < -0.3 is 14.5 Å². The van der Waals surface area contributed by atoms with Crippen LogP contribution in [0.2, 0.25) is 0 Å². The van der Waals surface area contributed by atoms with Crippen molar-refractivity contribution in [2.45, 2.75) is 44.3 Å². The summed E-state index contributed by atoms with van der Waals surface area (Å²) < 4.78 is 73.1. The SMILES string of the molecule is CCCOCCC(=O)N1CCN2c3ncc(C(F)(F)F)cc3C(F)(F)C[C@@H]2C1. The van der Waals surface area contributed by atoms with Crippen molar-refractivity contribution < 1.29 is 31.5 Å². The van der Waals surface area contributed by atoms with Crippen molar-refractivity contribution in [2.24, 2.45) is 0 Å². The van der Waals surface area contributed by atoms with Crippen LogP contribution in [0.5, 0.6) is 0 Å². The zero-order valence-corrected chi connectivity index (χ0v) is 15.4. The van der Waals surface area contributed by atoms with E-state index in [2.05, 4.69) is 4.98 Å². The van der Waals surface area contributed by atoms with Gasteiger partial charge >= 0.3 is 6.18 Å². The third-order valence-electron chi connectivity index (χ3n) is 5.00. The Morgan fingerprint density at radius 3 is 2.75 bits per heavy atom. The van der Waals surface area contributed by atoms with E-state index >= 15 is 0 Å². The average Bonchev–Trinajstić information content (AvgIpc) is 2.63. The van der Waals surface area contributed by atoms with E-state index in [1.54, 1.807) is 4.90 Å². The summed E-state index contributed by atoms with van der Waals surface area (Å²) in [5.41, 5.74) is -1.89. The first kappa shape index (κ1) is 20.8. The molecule has 0 N–H and O–H groups in total. The van der Waals surface area contributed by atoms with E-state index in [1.807, 2.05) is 6.92 Å². The van der Waals surface area contributed by atoms with E-state index in [0.29, 0.717) is 25.4 Å².